The zero-order chi connectivity index (χ0) is 15.6. The number of hydrogen-bond donors (Lipinski definition) is 2. The number of carbonyl (C=O) groups is 1. The Kier molecular flexibility index (Phi) is 4.55. The molecule has 0 aromatic carbocycles. The van der Waals surface area contributed by atoms with Gasteiger partial charge < -0.3 is 11.1 Å². The third kappa shape index (κ3) is 3.96. The van der Waals surface area contributed by atoms with Gasteiger partial charge in [0.2, 0.25) is 5.91 Å². The van der Waals surface area contributed by atoms with E-state index in [0.717, 1.165) is 37.2 Å². The Balaban J connectivity index is 1.92. The van der Waals surface area contributed by atoms with Gasteiger partial charge in [-0.15, -0.1) is 0 Å². The van der Waals surface area contributed by atoms with Crippen LogP contribution in [-0.2, 0) is 4.79 Å². The Morgan fingerprint density at radius 2 is 1.90 bits per heavy atom. The van der Waals surface area contributed by atoms with Gasteiger partial charge in [0.05, 0.1) is 11.9 Å². The molecule has 1 aromatic rings. The highest BCUT2D eigenvalue weighted by atomic mass is 16.1. The molecule has 0 aliphatic heterocycles. The monoisotopic (exact) mass is 289 g/mol. The number of carbonyl (C=O) groups excluding carboxylic acids is 1. The lowest BCUT2D eigenvalue weighted by atomic mass is 9.69. The lowest BCUT2D eigenvalue weighted by Crippen LogP contribution is -2.31. The van der Waals surface area contributed by atoms with Crippen LogP contribution in [0, 0.1) is 24.2 Å². The Bertz CT molecular complexity index is 511. The summed E-state index contributed by atoms with van der Waals surface area (Å²) in [5.74, 6) is 1.53. The summed E-state index contributed by atoms with van der Waals surface area (Å²) in [6, 6.07) is 1.83. The molecule has 0 spiro atoms. The van der Waals surface area contributed by atoms with Crippen LogP contribution >= 0.6 is 0 Å². The number of nitrogens with two attached hydrogens (primary N) is 1. The number of rotatable bonds is 2. The maximum atomic E-state index is 12.3. The summed E-state index contributed by atoms with van der Waals surface area (Å²) in [4.78, 5) is 16.5. The first-order chi connectivity index (χ1) is 9.77. The van der Waals surface area contributed by atoms with E-state index in [9.17, 15) is 4.79 Å². The zero-order valence-corrected chi connectivity index (χ0v) is 13.6. The summed E-state index contributed by atoms with van der Waals surface area (Å²) in [5.41, 5.74) is 7.68. The predicted molar refractivity (Wildman–Crippen MR) is 86.9 cm³/mol. The molecule has 1 aliphatic carbocycles. The number of anilines is 2. The number of nitrogens with zero attached hydrogens (tertiary/aromatic N) is 1. The first-order valence-electron chi connectivity index (χ1n) is 7.80. The number of hydrogen-bond acceptors (Lipinski definition) is 3. The summed E-state index contributed by atoms with van der Waals surface area (Å²) in [5, 5.41) is 2.93. The van der Waals surface area contributed by atoms with Crippen LogP contribution in [-0.4, -0.2) is 10.9 Å². The Morgan fingerprint density at radius 3 is 2.43 bits per heavy atom. The SMILES string of the molecule is Cc1cc(NC(=O)C2CCC(C(C)(C)C)CC2)ncc1N. The quantitative estimate of drug-likeness (QED) is 0.871. The fourth-order valence-electron chi connectivity index (χ4n) is 3.08. The predicted octanol–water partition coefficient (Wildman–Crippen LogP) is 3.76. The van der Waals surface area contributed by atoms with Crippen LogP contribution in [0.3, 0.4) is 0 Å². The van der Waals surface area contributed by atoms with Crippen molar-refractivity contribution in [3.05, 3.63) is 17.8 Å². The molecule has 0 bridgehead atoms. The van der Waals surface area contributed by atoms with Gasteiger partial charge in [-0.25, -0.2) is 4.98 Å². The molecule has 4 nitrogen and oxygen atoms in total. The van der Waals surface area contributed by atoms with Crippen LogP contribution in [0.2, 0.25) is 0 Å². The smallest absolute Gasteiger partial charge is 0.228 e. The van der Waals surface area contributed by atoms with Crippen LogP contribution in [0.1, 0.15) is 52.0 Å². The molecule has 3 N–H and O–H groups in total. The van der Waals surface area contributed by atoms with Crippen LogP contribution in [0.5, 0.6) is 0 Å². The lowest BCUT2D eigenvalue weighted by Gasteiger charge is -2.36. The summed E-state index contributed by atoms with van der Waals surface area (Å²) in [7, 11) is 0. The number of nitrogens with one attached hydrogen (secondary N) is 1. The summed E-state index contributed by atoms with van der Waals surface area (Å²) >= 11 is 0. The van der Waals surface area contributed by atoms with E-state index in [1.165, 1.54) is 0 Å². The molecule has 0 saturated heterocycles. The lowest BCUT2D eigenvalue weighted by molar-refractivity contribution is -0.121. The average Bonchev–Trinajstić information content (AvgIpc) is 2.42. The van der Waals surface area contributed by atoms with Gasteiger partial charge in [-0.2, -0.15) is 0 Å². The van der Waals surface area contributed by atoms with Crippen LogP contribution in [0.15, 0.2) is 12.3 Å². The van der Waals surface area contributed by atoms with Gasteiger partial charge >= 0.3 is 0 Å². The fraction of sp³-hybridized carbons (Fsp3) is 0.647. The third-order valence-corrected chi connectivity index (χ3v) is 4.73. The molecular formula is C17H27N3O. The first-order valence-corrected chi connectivity index (χ1v) is 7.80. The molecule has 1 aliphatic rings. The summed E-state index contributed by atoms with van der Waals surface area (Å²) in [6.07, 6.45) is 5.82. The second-order valence-electron chi connectivity index (χ2n) is 7.33. The molecule has 4 heteroatoms. The summed E-state index contributed by atoms with van der Waals surface area (Å²) in [6.45, 7) is 8.79. The Hall–Kier alpha value is -1.58. The van der Waals surface area contributed by atoms with Crippen molar-refractivity contribution in [1.82, 2.24) is 4.98 Å². The minimum Gasteiger partial charge on any atom is -0.397 e. The third-order valence-electron chi connectivity index (χ3n) is 4.73. The van der Waals surface area contributed by atoms with Crippen molar-refractivity contribution >= 4 is 17.4 Å². The normalized spacial score (nSPS) is 22.9. The van der Waals surface area contributed by atoms with Crippen molar-refractivity contribution in [2.24, 2.45) is 17.3 Å². The van der Waals surface area contributed by atoms with Crippen molar-refractivity contribution < 1.29 is 4.79 Å². The molecule has 116 valence electrons. The molecule has 0 radical (unpaired) electrons. The van der Waals surface area contributed by atoms with Crippen LogP contribution in [0.25, 0.3) is 0 Å². The summed E-state index contributed by atoms with van der Waals surface area (Å²) < 4.78 is 0. The second kappa shape index (κ2) is 6.04. The molecule has 1 heterocycles. The van der Waals surface area contributed by atoms with E-state index in [1.54, 1.807) is 6.20 Å². The standard InChI is InChI=1S/C17H27N3O/c1-11-9-15(19-10-14(11)18)20-16(21)12-5-7-13(8-6-12)17(2,3)4/h9-10,12-13H,5-8,18H2,1-4H3,(H,19,20,21). The topological polar surface area (TPSA) is 68.0 Å². The van der Waals surface area contributed by atoms with E-state index in [0.29, 0.717) is 16.9 Å². The highest BCUT2D eigenvalue weighted by Gasteiger charge is 2.32. The molecular weight excluding hydrogens is 262 g/mol. The van der Waals surface area contributed by atoms with Crippen molar-refractivity contribution in [3.8, 4) is 0 Å². The van der Waals surface area contributed by atoms with Crippen molar-refractivity contribution in [2.75, 3.05) is 11.1 Å². The Morgan fingerprint density at radius 1 is 1.29 bits per heavy atom. The van der Waals surface area contributed by atoms with E-state index < -0.39 is 0 Å². The highest BCUT2D eigenvalue weighted by Crippen LogP contribution is 2.40. The van der Waals surface area contributed by atoms with Gasteiger partial charge in [0.25, 0.3) is 0 Å². The molecule has 1 saturated carbocycles. The number of aromatic nitrogens is 1. The molecule has 0 atom stereocenters. The first kappa shape index (κ1) is 15.8. The van der Waals surface area contributed by atoms with Gasteiger partial charge in [-0.1, -0.05) is 20.8 Å². The minimum absolute atomic E-state index is 0.0963. The van der Waals surface area contributed by atoms with Gasteiger partial charge in [-0.3, -0.25) is 4.79 Å². The molecule has 1 fully saturated rings. The second-order valence-corrected chi connectivity index (χ2v) is 7.33. The number of pyridine rings is 1. The number of nitrogen functional groups attached to an aromatic ring is 1. The molecule has 1 aromatic heterocycles. The van der Waals surface area contributed by atoms with Gasteiger partial charge in [0, 0.05) is 5.92 Å². The maximum Gasteiger partial charge on any atom is 0.228 e. The van der Waals surface area contributed by atoms with Gasteiger partial charge in [0.1, 0.15) is 5.82 Å². The largest absolute Gasteiger partial charge is 0.397 e. The van der Waals surface area contributed by atoms with E-state index >= 15 is 0 Å². The molecule has 2 rings (SSSR count). The van der Waals surface area contributed by atoms with E-state index in [4.69, 9.17) is 5.73 Å². The highest BCUT2D eigenvalue weighted by molar-refractivity contribution is 5.91. The van der Waals surface area contributed by atoms with Crippen molar-refractivity contribution in [1.29, 1.82) is 0 Å². The van der Waals surface area contributed by atoms with Crippen molar-refractivity contribution in [2.45, 2.75) is 53.4 Å². The van der Waals surface area contributed by atoms with Gasteiger partial charge in [-0.05, 0) is 55.6 Å². The van der Waals surface area contributed by atoms with Crippen molar-refractivity contribution in [3.63, 3.8) is 0 Å². The average molecular weight is 289 g/mol. The molecule has 0 unspecified atom stereocenters. The van der Waals surface area contributed by atoms with E-state index in [2.05, 4.69) is 31.1 Å². The van der Waals surface area contributed by atoms with Crippen LogP contribution in [0.4, 0.5) is 11.5 Å². The Labute approximate surface area is 127 Å². The van der Waals surface area contributed by atoms with E-state index in [1.807, 2.05) is 13.0 Å². The fourth-order valence-corrected chi connectivity index (χ4v) is 3.08. The number of amides is 1. The molecule has 21 heavy (non-hydrogen) atoms. The van der Waals surface area contributed by atoms with Crippen LogP contribution < -0.4 is 11.1 Å². The minimum atomic E-state index is 0.0963. The maximum absolute atomic E-state index is 12.3. The molecule has 1 amide bonds. The zero-order valence-electron chi connectivity index (χ0n) is 13.6. The van der Waals surface area contributed by atoms with E-state index in [-0.39, 0.29) is 11.8 Å². The van der Waals surface area contributed by atoms with Gasteiger partial charge in [0.15, 0.2) is 0 Å². The number of aryl methyl sites for hydroxylation is 1.